The number of rotatable bonds is 3. The summed E-state index contributed by atoms with van der Waals surface area (Å²) in [6.07, 6.45) is 5.04. The Morgan fingerprint density at radius 2 is 2.07 bits per heavy atom. The highest BCUT2D eigenvalue weighted by molar-refractivity contribution is 14.1. The van der Waals surface area contributed by atoms with Gasteiger partial charge in [-0.25, -0.2) is 0 Å². The molecule has 3 heteroatoms. The van der Waals surface area contributed by atoms with Crippen molar-refractivity contribution in [2.75, 3.05) is 0 Å². The molecular formula is C12H13IN2. The van der Waals surface area contributed by atoms with Gasteiger partial charge in [0.25, 0.3) is 0 Å². The van der Waals surface area contributed by atoms with Crippen molar-refractivity contribution in [3.8, 4) is 0 Å². The number of nitrogens with zero attached hydrogens (tertiary/aromatic N) is 2. The van der Waals surface area contributed by atoms with Gasteiger partial charge < -0.3 is 0 Å². The van der Waals surface area contributed by atoms with E-state index in [-0.39, 0.29) is 0 Å². The second-order valence-electron chi connectivity index (χ2n) is 3.47. The first-order valence-corrected chi connectivity index (χ1v) is 6.13. The number of benzene rings is 1. The van der Waals surface area contributed by atoms with Gasteiger partial charge >= 0.3 is 0 Å². The summed E-state index contributed by atoms with van der Waals surface area (Å²) in [6.45, 7) is 2.19. The van der Waals surface area contributed by atoms with E-state index in [2.05, 4.69) is 65.1 Å². The minimum absolute atomic E-state index is 0.356. The van der Waals surface area contributed by atoms with Crippen LogP contribution in [0.3, 0.4) is 0 Å². The molecule has 0 aliphatic heterocycles. The molecule has 2 aromatic rings. The molecule has 0 fully saturated rings. The van der Waals surface area contributed by atoms with Crippen molar-refractivity contribution in [2.24, 2.45) is 0 Å². The smallest absolute Gasteiger partial charge is 0.0766 e. The molecule has 0 N–H and O–H groups in total. The Hall–Kier alpha value is -0.840. The lowest BCUT2D eigenvalue weighted by Gasteiger charge is -2.15. The van der Waals surface area contributed by atoms with Gasteiger partial charge in [-0.2, -0.15) is 5.10 Å². The van der Waals surface area contributed by atoms with Crippen LogP contribution in [0.25, 0.3) is 0 Å². The molecule has 1 unspecified atom stereocenters. The van der Waals surface area contributed by atoms with Crippen molar-refractivity contribution in [3.05, 3.63) is 51.9 Å². The Labute approximate surface area is 103 Å². The van der Waals surface area contributed by atoms with Crippen molar-refractivity contribution in [1.82, 2.24) is 9.78 Å². The summed E-state index contributed by atoms with van der Waals surface area (Å²) in [5, 5.41) is 4.37. The Kier molecular flexibility index (Phi) is 3.41. The number of halogens is 1. The van der Waals surface area contributed by atoms with E-state index < -0.39 is 0 Å². The van der Waals surface area contributed by atoms with E-state index in [1.807, 2.05) is 16.9 Å². The van der Waals surface area contributed by atoms with Crippen LogP contribution >= 0.6 is 22.6 Å². The zero-order valence-electron chi connectivity index (χ0n) is 8.60. The van der Waals surface area contributed by atoms with Gasteiger partial charge in [0.05, 0.1) is 15.8 Å². The lowest BCUT2D eigenvalue weighted by Crippen LogP contribution is -2.09. The van der Waals surface area contributed by atoms with Crippen molar-refractivity contribution in [1.29, 1.82) is 0 Å². The molecule has 1 atom stereocenters. The summed E-state index contributed by atoms with van der Waals surface area (Å²) in [7, 11) is 0. The van der Waals surface area contributed by atoms with Crippen LogP contribution in [0, 0.1) is 3.57 Å². The molecule has 0 aliphatic rings. The second-order valence-corrected chi connectivity index (χ2v) is 4.72. The minimum Gasteiger partial charge on any atom is -0.264 e. The van der Waals surface area contributed by atoms with Crippen LogP contribution in [0.15, 0.2) is 42.7 Å². The van der Waals surface area contributed by atoms with Crippen molar-refractivity contribution < 1.29 is 0 Å². The summed E-state index contributed by atoms with van der Waals surface area (Å²) in [5.74, 6) is 0. The molecule has 1 heterocycles. The average molecular weight is 312 g/mol. The predicted molar refractivity (Wildman–Crippen MR) is 69.8 cm³/mol. The van der Waals surface area contributed by atoms with Crippen LogP contribution in [0.5, 0.6) is 0 Å². The molecule has 0 saturated heterocycles. The predicted octanol–water partition coefficient (Wildman–Crippen LogP) is 3.49. The molecule has 78 valence electrons. The summed E-state index contributed by atoms with van der Waals surface area (Å²) < 4.78 is 3.22. The van der Waals surface area contributed by atoms with E-state index in [1.54, 1.807) is 0 Å². The molecule has 0 amide bonds. The standard InChI is InChI=1S/C12H13IN2/c1-2-12(10-6-4-3-5-7-10)15-9-11(13)8-14-15/h3-9,12H,2H2,1H3. The van der Waals surface area contributed by atoms with Gasteiger partial charge in [-0.3, -0.25) is 4.68 Å². The Bertz CT molecular complexity index is 422. The third-order valence-electron chi connectivity index (χ3n) is 2.46. The van der Waals surface area contributed by atoms with E-state index >= 15 is 0 Å². The molecule has 2 nitrogen and oxygen atoms in total. The van der Waals surface area contributed by atoms with E-state index in [9.17, 15) is 0 Å². The van der Waals surface area contributed by atoms with Crippen LogP contribution in [-0.2, 0) is 0 Å². The molecule has 1 aromatic carbocycles. The molecule has 1 aromatic heterocycles. The first kappa shape index (κ1) is 10.7. The van der Waals surface area contributed by atoms with Gasteiger partial charge in [0.1, 0.15) is 0 Å². The Morgan fingerprint density at radius 1 is 1.33 bits per heavy atom. The molecule has 2 rings (SSSR count). The van der Waals surface area contributed by atoms with Gasteiger partial charge in [-0.1, -0.05) is 37.3 Å². The van der Waals surface area contributed by atoms with Crippen molar-refractivity contribution >= 4 is 22.6 Å². The highest BCUT2D eigenvalue weighted by Crippen LogP contribution is 2.21. The fourth-order valence-electron chi connectivity index (χ4n) is 1.74. The Morgan fingerprint density at radius 3 is 2.60 bits per heavy atom. The van der Waals surface area contributed by atoms with Crippen LogP contribution in [0.1, 0.15) is 24.9 Å². The summed E-state index contributed by atoms with van der Waals surface area (Å²) in [6, 6.07) is 10.9. The molecular weight excluding hydrogens is 299 g/mol. The lowest BCUT2D eigenvalue weighted by atomic mass is 10.1. The fourth-order valence-corrected chi connectivity index (χ4v) is 2.15. The maximum atomic E-state index is 4.37. The third-order valence-corrected chi connectivity index (χ3v) is 3.02. The van der Waals surface area contributed by atoms with Gasteiger partial charge in [0, 0.05) is 6.20 Å². The highest BCUT2D eigenvalue weighted by atomic mass is 127. The molecule has 0 spiro atoms. The largest absolute Gasteiger partial charge is 0.264 e. The van der Waals surface area contributed by atoms with E-state index in [4.69, 9.17) is 0 Å². The van der Waals surface area contributed by atoms with Gasteiger partial charge in [0.15, 0.2) is 0 Å². The second kappa shape index (κ2) is 4.79. The summed E-state index contributed by atoms with van der Waals surface area (Å²) in [5.41, 5.74) is 1.32. The summed E-state index contributed by atoms with van der Waals surface area (Å²) >= 11 is 2.29. The molecule has 0 aliphatic carbocycles. The maximum absolute atomic E-state index is 4.37. The quantitative estimate of drug-likeness (QED) is 0.793. The van der Waals surface area contributed by atoms with Crippen molar-refractivity contribution in [3.63, 3.8) is 0 Å². The molecule has 0 saturated carbocycles. The van der Waals surface area contributed by atoms with Crippen LogP contribution in [0.4, 0.5) is 0 Å². The Balaban J connectivity index is 2.33. The van der Waals surface area contributed by atoms with Gasteiger partial charge in [-0.05, 0) is 34.6 Å². The highest BCUT2D eigenvalue weighted by Gasteiger charge is 2.11. The van der Waals surface area contributed by atoms with E-state index in [0.717, 1.165) is 6.42 Å². The lowest BCUT2D eigenvalue weighted by molar-refractivity contribution is 0.509. The van der Waals surface area contributed by atoms with Crippen molar-refractivity contribution in [2.45, 2.75) is 19.4 Å². The molecule has 0 bridgehead atoms. The van der Waals surface area contributed by atoms with E-state index in [1.165, 1.54) is 9.13 Å². The van der Waals surface area contributed by atoms with Crippen LogP contribution in [-0.4, -0.2) is 9.78 Å². The minimum atomic E-state index is 0.356. The molecule has 0 radical (unpaired) electrons. The number of hydrogen-bond acceptors (Lipinski definition) is 1. The molecule has 15 heavy (non-hydrogen) atoms. The zero-order chi connectivity index (χ0) is 10.7. The fraction of sp³-hybridized carbons (Fsp3) is 0.250. The maximum Gasteiger partial charge on any atom is 0.0766 e. The monoisotopic (exact) mass is 312 g/mol. The van der Waals surface area contributed by atoms with Crippen LogP contribution in [0.2, 0.25) is 0 Å². The van der Waals surface area contributed by atoms with E-state index in [0.29, 0.717) is 6.04 Å². The normalized spacial score (nSPS) is 12.7. The topological polar surface area (TPSA) is 17.8 Å². The van der Waals surface area contributed by atoms with Gasteiger partial charge in [0.2, 0.25) is 0 Å². The first-order valence-electron chi connectivity index (χ1n) is 5.06. The number of aromatic nitrogens is 2. The number of hydrogen-bond donors (Lipinski definition) is 0. The first-order chi connectivity index (χ1) is 7.31. The van der Waals surface area contributed by atoms with Crippen LogP contribution < -0.4 is 0 Å². The SMILES string of the molecule is CCC(c1ccccc1)n1cc(I)cn1. The summed E-state index contributed by atoms with van der Waals surface area (Å²) in [4.78, 5) is 0. The van der Waals surface area contributed by atoms with Gasteiger partial charge in [-0.15, -0.1) is 0 Å². The zero-order valence-corrected chi connectivity index (χ0v) is 10.8. The third kappa shape index (κ3) is 2.40. The average Bonchev–Trinajstić information content (AvgIpc) is 2.68.